The summed E-state index contributed by atoms with van der Waals surface area (Å²) in [7, 11) is 10.3. The van der Waals surface area contributed by atoms with Crippen molar-refractivity contribution in [1.29, 1.82) is 0 Å². The van der Waals surface area contributed by atoms with Gasteiger partial charge in [0.05, 0.1) is 12.7 Å². The minimum atomic E-state index is -0.624. The normalized spacial score (nSPS) is 19.9. The van der Waals surface area contributed by atoms with Crippen molar-refractivity contribution in [3.05, 3.63) is 29.8 Å². The van der Waals surface area contributed by atoms with Gasteiger partial charge in [-0.25, -0.2) is 0 Å². The average Bonchev–Trinajstić information content (AvgIpc) is 2.48. The van der Waals surface area contributed by atoms with Crippen LogP contribution in [0.3, 0.4) is 0 Å². The SMILES string of the molecule is BC(B)(C(c1ccc(OC)cc1)C1(O)CCCCC1)N(C)C. The monoisotopic (exact) mass is 301 g/mol. The number of hydrogen-bond acceptors (Lipinski definition) is 3. The average molecular weight is 301 g/mol. The van der Waals surface area contributed by atoms with Gasteiger partial charge in [-0.2, -0.15) is 0 Å². The highest BCUT2D eigenvalue weighted by molar-refractivity contribution is 6.40. The lowest BCUT2D eigenvalue weighted by atomic mass is 9.48. The number of aliphatic hydroxyl groups is 1. The summed E-state index contributed by atoms with van der Waals surface area (Å²) >= 11 is 0. The molecule has 1 fully saturated rings. The van der Waals surface area contributed by atoms with E-state index in [1.807, 2.05) is 12.1 Å². The summed E-state index contributed by atoms with van der Waals surface area (Å²) < 4.78 is 5.28. The summed E-state index contributed by atoms with van der Waals surface area (Å²) in [4.78, 5) is 2.23. The van der Waals surface area contributed by atoms with E-state index < -0.39 is 5.60 Å². The number of nitrogens with zero attached hydrogens (tertiary/aromatic N) is 1. The lowest BCUT2D eigenvalue weighted by Gasteiger charge is -2.50. The van der Waals surface area contributed by atoms with Gasteiger partial charge < -0.3 is 14.7 Å². The molecule has 1 saturated carbocycles. The Morgan fingerprint density at radius 2 is 1.68 bits per heavy atom. The summed E-state index contributed by atoms with van der Waals surface area (Å²) in [6.45, 7) is 0. The molecule has 0 amide bonds. The van der Waals surface area contributed by atoms with Gasteiger partial charge in [-0.05, 0) is 50.0 Å². The molecule has 0 saturated heterocycles. The maximum atomic E-state index is 11.4. The number of likely N-dealkylation sites (N-methyl/N-ethyl adjacent to an activating group) is 1. The lowest BCUT2D eigenvalue weighted by Crippen LogP contribution is -2.58. The fourth-order valence-electron chi connectivity index (χ4n) is 3.88. The lowest BCUT2D eigenvalue weighted by molar-refractivity contribution is -0.0389. The smallest absolute Gasteiger partial charge is 0.118 e. The van der Waals surface area contributed by atoms with E-state index in [1.165, 1.54) is 12.0 Å². The largest absolute Gasteiger partial charge is 0.497 e. The third-order valence-electron chi connectivity index (χ3n) is 5.56. The number of hydrogen-bond donors (Lipinski definition) is 1. The minimum Gasteiger partial charge on any atom is -0.497 e. The summed E-state index contributed by atoms with van der Waals surface area (Å²) in [5.74, 6) is 0.946. The van der Waals surface area contributed by atoms with Gasteiger partial charge in [-0.1, -0.05) is 31.4 Å². The quantitative estimate of drug-likeness (QED) is 0.822. The van der Waals surface area contributed by atoms with Crippen LogP contribution in [0.4, 0.5) is 0 Å². The number of benzene rings is 1. The molecule has 0 spiro atoms. The fraction of sp³-hybridized carbons (Fsp3) is 0.647. The van der Waals surface area contributed by atoms with Gasteiger partial charge in [-0.15, -0.1) is 0 Å². The molecule has 0 aliphatic heterocycles. The van der Waals surface area contributed by atoms with E-state index in [-0.39, 0.29) is 11.3 Å². The van der Waals surface area contributed by atoms with E-state index in [0.29, 0.717) is 0 Å². The Labute approximate surface area is 136 Å². The molecule has 0 aromatic heterocycles. The van der Waals surface area contributed by atoms with Crippen LogP contribution < -0.4 is 4.74 Å². The van der Waals surface area contributed by atoms with Crippen molar-refractivity contribution in [1.82, 2.24) is 4.90 Å². The van der Waals surface area contributed by atoms with E-state index in [0.717, 1.165) is 31.4 Å². The van der Waals surface area contributed by atoms with Crippen molar-refractivity contribution in [3.63, 3.8) is 0 Å². The van der Waals surface area contributed by atoms with E-state index in [9.17, 15) is 5.11 Å². The highest BCUT2D eigenvalue weighted by Gasteiger charge is 2.47. The topological polar surface area (TPSA) is 32.7 Å². The van der Waals surface area contributed by atoms with Gasteiger partial charge >= 0.3 is 0 Å². The van der Waals surface area contributed by atoms with Crippen molar-refractivity contribution in [2.45, 2.75) is 49.0 Å². The Bertz CT molecular complexity index is 482. The van der Waals surface area contributed by atoms with Gasteiger partial charge in [0.2, 0.25) is 0 Å². The molecule has 2 rings (SSSR count). The molecule has 1 aliphatic rings. The highest BCUT2D eigenvalue weighted by atomic mass is 16.5. The molecule has 5 heteroatoms. The van der Waals surface area contributed by atoms with Crippen molar-refractivity contribution >= 4 is 15.7 Å². The van der Waals surface area contributed by atoms with Crippen LogP contribution >= 0.6 is 0 Å². The molecule has 0 radical (unpaired) electrons. The van der Waals surface area contributed by atoms with E-state index >= 15 is 0 Å². The van der Waals surface area contributed by atoms with Crippen LogP contribution in [-0.4, -0.2) is 57.8 Å². The van der Waals surface area contributed by atoms with Crippen molar-refractivity contribution in [3.8, 4) is 5.75 Å². The van der Waals surface area contributed by atoms with Crippen LogP contribution in [-0.2, 0) is 0 Å². The van der Waals surface area contributed by atoms with E-state index in [1.54, 1.807) is 7.11 Å². The second kappa shape index (κ2) is 6.67. The van der Waals surface area contributed by atoms with Gasteiger partial charge in [0, 0.05) is 5.92 Å². The molecular weight excluding hydrogens is 272 g/mol. The molecule has 0 bridgehead atoms. The van der Waals surface area contributed by atoms with Crippen LogP contribution in [0.5, 0.6) is 5.75 Å². The molecule has 120 valence electrons. The fourth-order valence-corrected chi connectivity index (χ4v) is 3.88. The van der Waals surface area contributed by atoms with Crippen molar-refractivity contribution in [2.24, 2.45) is 0 Å². The first-order valence-electron chi connectivity index (χ1n) is 8.35. The van der Waals surface area contributed by atoms with Gasteiger partial charge in [0.25, 0.3) is 0 Å². The number of methoxy groups -OCH3 is 1. The predicted molar refractivity (Wildman–Crippen MR) is 97.3 cm³/mol. The first kappa shape index (κ1) is 17.4. The highest BCUT2D eigenvalue weighted by Crippen LogP contribution is 2.45. The van der Waals surface area contributed by atoms with Crippen LogP contribution in [0.25, 0.3) is 0 Å². The van der Waals surface area contributed by atoms with Crippen LogP contribution in [0, 0.1) is 0 Å². The maximum Gasteiger partial charge on any atom is 0.118 e. The molecule has 22 heavy (non-hydrogen) atoms. The van der Waals surface area contributed by atoms with Crippen LogP contribution in [0.2, 0.25) is 0 Å². The predicted octanol–water partition coefficient (Wildman–Crippen LogP) is 0.956. The molecule has 1 N–H and O–H groups in total. The second-order valence-corrected chi connectivity index (χ2v) is 7.42. The molecule has 0 heterocycles. The van der Waals surface area contributed by atoms with Crippen LogP contribution in [0.15, 0.2) is 24.3 Å². The standard InChI is InChI=1S/C17H29B2NO2/c1-20(2)17(18,19)15(16(21)11-5-4-6-12-16)13-7-9-14(22-3)10-8-13/h7-10,15,21H,4-6,11-12,18-19H2,1-3H3. The zero-order valence-corrected chi connectivity index (χ0v) is 14.7. The zero-order valence-electron chi connectivity index (χ0n) is 14.7. The first-order valence-corrected chi connectivity index (χ1v) is 8.35. The number of ether oxygens (including phenoxy) is 1. The summed E-state index contributed by atoms with van der Waals surface area (Å²) in [6.07, 6.45) is 5.25. The molecular formula is C17H29B2NO2. The third kappa shape index (κ3) is 3.36. The van der Waals surface area contributed by atoms with Crippen molar-refractivity contribution in [2.75, 3.05) is 21.2 Å². The summed E-state index contributed by atoms with van der Waals surface area (Å²) in [5.41, 5.74) is 0.574. The van der Waals surface area contributed by atoms with Crippen LogP contribution in [0.1, 0.15) is 43.6 Å². The van der Waals surface area contributed by atoms with Gasteiger partial charge in [0.15, 0.2) is 0 Å². The summed E-state index contributed by atoms with van der Waals surface area (Å²) in [5, 5.41) is 11.3. The molecule has 1 atom stereocenters. The van der Waals surface area contributed by atoms with E-state index in [4.69, 9.17) is 4.74 Å². The van der Waals surface area contributed by atoms with Gasteiger partial charge in [-0.3, -0.25) is 0 Å². The Balaban J connectivity index is 2.44. The number of rotatable bonds is 5. The second-order valence-electron chi connectivity index (χ2n) is 7.42. The molecule has 1 unspecified atom stereocenters. The molecule has 3 nitrogen and oxygen atoms in total. The molecule has 1 aliphatic carbocycles. The Kier molecular flexibility index (Phi) is 5.29. The van der Waals surface area contributed by atoms with Gasteiger partial charge in [0.1, 0.15) is 21.4 Å². The first-order chi connectivity index (χ1) is 10.3. The Morgan fingerprint density at radius 3 is 2.14 bits per heavy atom. The minimum absolute atomic E-state index is 0.0845. The zero-order chi connectivity index (χ0) is 16.4. The Hall–Kier alpha value is -0.930. The van der Waals surface area contributed by atoms with Crippen molar-refractivity contribution < 1.29 is 9.84 Å². The molecule has 1 aromatic rings. The van der Waals surface area contributed by atoms with E-state index in [2.05, 4.69) is 46.8 Å². The molecule has 1 aromatic carbocycles. The summed E-state index contributed by atoms with van der Waals surface area (Å²) in [6, 6.07) is 8.23. The maximum absolute atomic E-state index is 11.4. The third-order valence-corrected chi connectivity index (χ3v) is 5.56. The Morgan fingerprint density at radius 1 is 1.14 bits per heavy atom.